The predicted octanol–water partition coefficient (Wildman–Crippen LogP) is 4.81. The van der Waals surface area contributed by atoms with Gasteiger partial charge in [-0.1, -0.05) is 55.8 Å². The Morgan fingerprint density at radius 3 is 2.53 bits per heavy atom. The highest BCUT2D eigenvalue weighted by Crippen LogP contribution is 2.45. The SMILES string of the molecule is CCCCc1ccccc1N1C(C(=O)O)=C(c2ccc3c(c2)OCO3)c2ccccc2S1(=O)=O. The predicted molar refractivity (Wildman–Crippen MR) is 127 cm³/mol. The fourth-order valence-electron chi connectivity index (χ4n) is 4.42. The van der Waals surface area contributed by atoms with Gasteiger partial charge < -0.3 is 14.6 Å². The minimum Gasteiger partial charge on any atom is -0.477 e. The zero-order valence-electron chi connectivity index (χ0n) is 18.5. The monoisotopic (exact) mass is 477 g/mol. The maximum Gasteiger partial charge on any atom is 0.354 e. The summed E-state index contributed by atoms with van der Waals surface area (Å²) >= 11 is 0. The van der Waals surface area contributed by atoms with Gasteiger partial charge in [-0.05, 0) is 48.2 Å². The van der Waals surface area contributed by atoms with Crippen LogP contribution in [0.5, 0.6) is 11.5 Å². The number of benzene rings is 3. The molecule has 0 bridgehead atoms. The number of hydrogen-bond acceptors (Lipinski definition) is 5. The van der Waals surface area contributed by atoms with Crippen molar-refractivity contribution in [1.82, 2.24) is 0 Å². The first-order valence-electron chi connectivity index (χ1n) is 11.0. The summed E-state index contributed by atoms with van der Waals surface area (Å²) in [4.78, 5) is 12.8. The highest BCUT2D eigenvalue weighted by atomic mass is 32.2. The Balaban J connectivity index is 1.84. The number of ether oxygens (including phenoxy) is 2. The first-order chi connectivity index (χ1) is 16.4. The van der Waals surface area contributed by atoms with Crippen molar-refractivity contribution in [2.45, 2.75) is 31.1 Å². The zero-order valence-corrected chi connectivity index (χ0v) is 19.3. The lowest BCUT2D eigenvalue weighted by Crippen LogP contribution is -2.38. The summed E-state index contributed by atoms with van der Waals surface area (Å²) in [6.07, 6.45) is 2.41. The summed E-state index contributed by atoms with van der Waals surface area (Å²) in [5, 5.41) is 10.4. The third-order valence-electron chi connectivity index (χ3n) is 5.99. The summed E-state index contributed by atoms with van der Waals surface area (Å²) in [5.74, 6) is -0.300. The minimum absolute atomic E-state index is 0.0537. The number of aliphatic carboxylic acids is 1. The lowest BCUT2D eigenvalue weighted by atomic mass is 9.94. The molecule has 0 spiro atoms. The summed E-state index contributed by atoms with van der Waals surface area (Å²) in [7, 11) is -4.19. The molecule has 0 aliphatic carbocycles. The molecule has 3 aromatic rings. The molecule has 2 aliphatic heterocycles. The Hall–Kier alpha value is -3.78. The van der Waals surface area contributed by atoms with Gasteiger partial charge >= 0.3 is 5.97 Å². The molecular weight excluding hydrogens is 454 g/mol. The van der Waals surface area contributed by atoms with Crippen LogP contribution in [0.15, 0.2) is 77.3 Å². The van der Waals surface area contributed by atoms with E-state index in [4.69, 9.17) is 9.47 Å². The van der Waals surface area contributed by atoms with Crippen LogP contribution < -0.4 is 13.8 Å². The van der Waals surface area contributed by atoms with E-state index in [1.807, 2.05) is 12.1 Å². The Bertz CT molecular complexity index is 1430. The lowest BCUT2D eigenvalue weighted by Gasteiger charge is -2.33. The second-order valence-corrected chi connectivity index (χ2v) is 9.85. The van der Waals surface area contributed by atoms with Gasteiger partial charge in [0, 0.05) is 11.1 Å². The highest BCUT2D eigenvalue weighted by molar-refractivity contribution is 7.93. The van der Waals surface area contributed by atoms with Crippen LogP contribution in [-0.4, -0.2) is 26.3 Å². The van der Waals surface area contributed by atoms with Gasteiger partial charge in [0.05, 0.1) is 10.6 Å². The molecule has 0 saturated carbocycles. The fraction of sp³-hybridized carbons (Fsp3) is 0.192. The van der Waals surface area contributed by atoms with Crippen molar-refractivity contribution in [3.63, 3.8) is 0 Å². The zero-order chi connectivity index (χ0) is 23.9. The Morgan fingerprint density at radius 2 is 1.74 bits per heavy atom. The Morgan fingerprint density at radius 1 is 1.00 bits per heavy atom. The summed E-state index contributed by atoms with van der Waals surface area (Å²) < 4.78 is 39.7. The number of hydrogen-bond donors (Lipinski definition) is 1. The van der Waals surface area contributed by atoms with Gasteiger partial charge in [-0.15, -0.1) is 0 Å². The van der Waals surface area contributed by atoms with Gasteiger partial charge in [0.2, 0.25) is 6.79 Å². The van der Waals surface area contributed by atoms with Crippen molar-refractivity contribution in [3.8, 4) is 11.5 Å². The van der Waals surface area contributed by atoms with Crippen LogP contribution in [-0.2, 0) is 21.2 Å². The van der Waals surface area contributed by atoms with Crippen LogP contribution in [0.4, 0.5) is 5.69 Å². The molecule has 174 valence electrons. The molecule has 0 saturated heterocycles. The van der Waals surface area contributed by atoms with Crippen molar-refractivity contribution >= 4 is 27.3 Å². The van der Waals surface area contributed by atoms with Crippen LogP contribution in [0.3, 0.4) is 0 Å². The van der Waals surface area contributed by atoms with E-state index in [1.54, 1.807) is 48.5 Å². The molecule has 0 unspecified atom stereocenters. The average molecular weight is 478 g/mol. The van der Waals surface area contributed by atoms with E-state index in [2.05, 4.69) is 6.92 Å². The topological polar surface area (TPSA) is 93.1 Å². The molecule has 2 aliphatic rings. The number of para-hydroxylation sites is 1. The van der Waals surface area contributed by atoms with Gasteiger partial charge in [-0.2, -0.15) is 0 Å². The van der Waals surface area contributed by atoms with Crippen molar-refractivity contribution in [2.75, 3.05) is 11.1 Å². The van der Waals surface area contributed by atoms with Gasteiger partial charge in [-0.3, -0.25) is 0 Å². The number of rotatable bonds is 6. The van der Waals surface area contributed by atoms with E-state index in [1.165, 1.54) is 6.07 Å². The van der Waals surface area contributed by atoms with E-state index in [9.17, 15) is 18.3 Å². The van der Waals surface area contributed by atoms with Gasteiger partial charge in [-0.25, -0.2) is 17.5 Å². The summed E-state index contributed by atoms with van der Waals surface area (Å²) in [6.45, 7) is 2.13. The molecule has 5 rings (SSSR count). The Labute approximate surface area is 197 Å². The van der Waals surface area contributed by atoms with Crippen LogP contribution in [0.25, 0.3) is 5.57 Å². The van der Waals surface area contributed by atoms with Gasteiger partial charge in [0.1, 0.15) is 0 Å². The summed E-state index contributed by atoms with van der Waals surface area (Å²) in [6, 6.07) is 18.7. The largest absolute Gasteiger partial charge is 0.477 e. The molecule has 2 heterocycles. The Kier molecular flexibility index (Phi) is 5.53. The van der Waals surface area contributed by atoms with Crippen LogP contribution in [0.2, 0.25) is 0 Å². The van der Waals surface area contributed by atoms with Crippen molar-refractivity contribution in [2.24, 2.45) is 0 Å². The smallest absolute Gasteiger partial charge is 0.354 e. The first-order valence-corrected chi connectivity index (χ1v) is 12.5. The molecule has 8 heteroatoms. The summed E-state index contributed by atoms with van der Waals surface area (Å²) in [5.41, 5.74) is 1.97. The maximum absolute atomic E-state index is 13.9. The molecule has 0 aromatic heterocycles. The van der Waals surface area contributed by atoms with Crippen LogP contribution >= 0.6 is 0 Å². The van der Waals surface area contributed by atoms with Crippen molar-refractivity contribution in [3.05, 3.63) is 89.1 Å². The molecule has 0 fully saturated rings. The van der Waals surface area contributed by atoms with E-state index >= 15 is 0 Å². The van der Waals surface area contributed by atoms with Gasteiger partial charge in [0.15, 0.2) is 17.2 Å². The first kappa shape index (κ1) is 22.0. The number of fused-ring (bicyclic) bond motifs is 2. The molecule has 0 atom stereocenters. The number of carboxylic acid groups (broad SMARTS) is 1. The molecule has 1 N–H and O–H groups in total. The van der Waals surface area contributed by atoms with Crippen LogP contribution in [0, 0.1) is 0 Å². The maximum atomic E-state index is 13.9. The number of aryl methyl sites for hydroxylation is 1. The molecule has 0 radical (unpaired) electrons. The van der Waals surface area contributed by atoms with E-state index in [-0.39, 0.29) is 17.4 Å². The van der Waals surface area contributed by atoms with E-state index < -0.39 is 16.0 Å². The number of sulfonamides is 1. The van der Waals surface area contributed by atoms with E-state index in [0.29, 0.717) is 40.3 Å². The number of unbranched alkanes of at least 4 members (excludes halogenated alkanes) is 1. The molecule has 3 aromatic carbocycles. The second kappa shape index (κ2) is 8.53. The fourth-order valence-corrected chi connectivity index (χ4v) is 6.16. The molecular formula is C26H23NO6S. The molecule has 34 heavy (non-hydrogen) atoms. The normalized spacial score (nSPS) is 15.9. The minimum atomic E-state index is -4.19. The number of carboxylic acids is 1. The van der Waals surface area contributed by atoms with Crippen LogP contribution in [0.1, 0.15) is 36.5 Å². The number of nitrogens with zero attached hydrogens (tertiary/aromatic N) is 1. The number of anilines is 1. The van der Waals surface area contributed by atoms with Gasteiger partial charge in [0.25, 0.3) is 10.0 Å². The average Bonchev–Trinajstić information content (AvgIpc) is 3.30. The molecule has 7 nitrogen and oxygen atoms in total. The third-order valence-corrected chi connectivity index (χ3v) is 7.76. The quantitative estimate of drug-likeness (QED) is 0.548. The van der Waals surface area contributed by atoms with Crippen molar-refractivity contribution < 1.29 is 27.8 Å². The molecule has 0 amide bonds. The second-order valence-electron chi connectivity index (χ2n) is 8.09. The highest BCUT2D eigenvalue weighted by Gasteiger charge is 2.42. The van der Waals surface area contributed by atoms with E-state index in [0.717, 1.165) is 22.7 Å². The third kappa shape index (κ3) is 3.51. The number of carbonyl (C=O) groups is 1. The standard InChI is InChI=1S/C26H23NO6S/c1-2-3-8-17-9-4-6-11-20(17)27-25(26(28)29)24(18-13-14-21-22(15-18)33-16-32-21)19-10-5-7-12-23(19)34(27,30)31/h4-7,9-15H,2-3,8,16H2,1H3,(H,28,29). The lowest BCUT2D eigenvalue weighted by molar-refractivity contribution is -0.132. The van der Waals surface area contributed by atoms with Crippen molar-refractivity contribution in [1.29, 1.82) is 0 Å².